The number of hydrogen-bond acceptors (Lipinski definition) is 5. The number of morpholine rings is 1. The Labute approximate surface area is 193 Å². The first-order valence-electron chi connectivity index (χ1n) is 11.3. The second kappa shape index (κ2) is 10.8. The summed E-state index contributed by atoms with van der Waals surface area (Å²) >= 11 is 0. The maximum atomic E-state index is 13.2. The zero-order chi connectivity index (χ0) is 24.0. The van der Waals surface area contributed by atoms with Crippen LogP contribution in [0.5, 0.6) is 0 Å². The topological polar surface area (TPSA) is 116 Å². The number of amides is 5. The monoisotopic (exact) mass is 461 g/mol. The van der Waals surface area contributed by atoms with Crippen molar-refractivity contribution in [3.8, 4) is 0 Å². The number of urea groups is 2. The lowest BCUT2D eigenvalue weighted by Crippen LogP contribution is -2.63. The Kier molecular flexibility index (Phi) is 8.04. The van der Waals surface area contributed by atoms with E-state index in [0.717, 1.165) is 5.56 Å². The first-order valence-corrected chi connectivity index (χ1v) is 11.3. The van der Waals surface area contributed by atoms with Crippen molar-refractivity contribution >= 4 is 23.9 Å². The lowest BCUT2D eigenvalue weighted by atomic mass is 10.0. The number of ether oxygens (including phenoxy) is 1. The number of imide groups is 1. The van der Waals surface area contributed by atoms with E-state index in [1.807, 2.05) is 30.3 Å². The van der Waals surface area contributed by atoms with Crippen LogP contribution in [-0.4, -0.2) is 102 Å². The zero-order valence-corrected chi connectivity index (χ0v) is 19.2. The molecule has 0 spiro atoms. The molecule has 2 fully saturated rings. The summed E-state index contributed by atoms with van der Waals surface area (Å²) in [5, 5.41) is 12.6. The first kappa shape index (κ1) is 24.7. The molecule has 2 N–H and O–H groups in total. The minimum absolute atomic E-state index is 0.203. The van der Waals surface area contributed by atoms with E-state index in [1.165, 1.54) is 11.9 Å². The standard InChI is InChI=1S/C23H32N4O6/c1-17-7-6-12-27(17,23(31)32)22(30)25(2)16-20(28)19(15-18-8-4-3-5-9-18)24-21(29)26-10-13-33-14-11-26/h3-5,8-9,17,19H,6-7,10-16H2,1-2H3,(H-,24,29,31,32)/p+1/t17-,19+,27?/m1/s1. The number of benzene rings is 1. The molecular formula is C23H33N4O6+. The summed E-state index contributed by atoms with van der Waals surface area (Å²) in [7, 11) is 1.44. The van der Waals surface area contributed by atoms with Crippen LogP contribution < -0.4 is 5.32 Å². The molecule has 0 radical (unpaired) electrons. The maximum Gasteiger partial charge on any atom is 0.523 e. The van der Waals surface area contributed by atoms with Gasteiger partial charge in [-0.1, -0.05) is 30.3 Å². The molecule has 1 unspecified atom stereocenters. The predicted molar refractivity (Wildman–Crippen MR) is 120 cm³/mol. The van der Waals surface area contributed by atoms with Crippen molar-refractivity contribution in [2.75, 3.05) is 46.4 Å². The minimum atomic E-state index is -1.20. The van der Waals surface area contributed by atoms with Gasteiger partial charge in [0.2, 0.25) is 0 Å². The zero-order valence-electron chi connectivity index (χ0n) is 19.2. The van der Waals surface area contributed by atoms with Gasteiger partial charge in [-0.2, -0.15) is 4.79 Å². The molecule has 180 valence electrons. The van der Waals surface area contributed by atoms with Gasteiger partial charge >= 0.3 is 18.2 Å². The summed E-state index contributed by atoms with van der Waals surface area (Å²) < 4.78 is 4.58. The number of carbonyl (C=O) groups is 4. The summed E-state index contributed by atoms with van der Waals surface area (Å²) in [5.41, 5.74) is 0.870. The number of likely N-dealkylation sites (tertiary alicyclic amines) is 1. The van der Waals surface area contributed by atoms with E-state index in [2.05, 4.69) is 5.32 Å². The highest BCUT2D eigenvalue weighted by Crippen LogP contribution is 2.29. The van der Waals surface area contributed by atoms with Gasteiger partial charge < -0.3 is 20.1 Å². The normalized spacial score (nSPS) is 23.6. The lowest BCUT2D eigenvalue weighted by Gasteiger charge is -2.33. The van der Waals surface area contributed by atoms with E-state index in [9.17, 15) is 24.3 Å². The highest BCUT2D eigenvalue weighted by atomic mass is 16.5. The van der Waals surface area contributed by atoms with Crippen LogP contribution in [0.2, 0.25) is 0 Å². The summed E-state index contributed by atoms with van der Waals surface area (Å²) in [6.45, 7) is 3.41. The van der Waals surface area contributed by atoms with E-state index in [4.69, 9.17) is 4.74 Å². The Morgan fingerprint density at radius 1 is 1.21 bits per heavy atom. The Balaban J connectivity index is 1.73. The number of nitrogens with one attached hydrogen (secondary N) is 1. The van der Waals surface area contributed by atoms with Crippen molar-refractivity contribution < 1.29 is 33.5 Å². The molecule has 2 aliphatic rings. The maximum absolute atomic E-state index is 13.2. The van der Waals surface area contributed by atoms with Crippen LogP contribution in [0.25, 0.3) is 0 Å². The second-order valence-electron chi connectivity index (χ2n) is 8.76. The third-order valence-electron chi connectivity index (χ3n) is 6.55. The Bertz CT molecular complexity index is 873. The van der Waals surface area contributed by atoms with Gasteiger partial charge in [-0.15, -0.1) is 4.48 Å². The molecule has 2 aliphatic heterocycles. The average molecular weight is 462 g/mol. The van der Waals surface area contributed by atoms with Crippen LogP contribution >= 0.6 is 0 Å². The molecule has 2 heterocycles. The number of quaternary nitrogens is 1. The smallest absolute Gasteiger partial charge is 0.435 e. The highest BCUT2D eigenvalue weighted by molar-refractivity contribution is 5.92. The molecule has 0 bridgehead atoms. The van der Waals surface area contributed by atoms with E-state index in [0.29, 0.717) is 39.1 Å². The highest BCUT2D eigenvalue weighted by Gasteiger charge is 2.54. The van der Waals surface area contributed by atoms with Gasteiger partial charge in [-0.25, -0.2) is 9.59 Å². The van der Waals surface area contributed by atoms with Crippen molar-refractivity contribution in [1.82, 2.24) is 15.1 Å². The van der Waals surface area contributed by atoms with E-state index >= 15 is 0 Å². The number of likely N-dealkylation sites (N-methyl/N-ethyl adjacent to an activating group) is 1. The van der Waals surface area contributed by atoms with Gasteiger partial charge in [0.25, 0.3) is 0 Å². The Morgan fingerprint density at radius 2 is 1.88 bits per heavy atom. The molecule has 33 heavy (non-hydrogen) atoms. The molecule has 3 rings (SSSR count). The quantitative estimate of drug-likeness (QED) is 0.626. The van der Waals surface area contributed by atoms with Crippen LogP contribution in [0, 0.1) is 0 Å². The van der Waals surface area contributed by atoms with Gasteiger partial charge in [0.05, 0.1) is 32.3 Å². The molecule has 5 amide bonds. The summed E-state index contributed by atoms with van der Waals surface area (Å²) in [6.07, 6.45) is 0.331. The number of carboxylic acid groups (broad SMARTS) is 1. The van der Waals surface area contributed by atoms with Crippen LogP contribution in [0.1, 0.15) is 25.3 Å². The van der Waals surface area contributed by atoms with Crippen molar-refractivity contribution in [3.63, 3.8) is 0 Å². The van der Waals surface area contributed by atoms with Gasteiger partial charge in [0.15, 0.2) is 5.78 Å². The number of carbonyl (C=O) groups excluding carboxylic acids is 3. The third-order valence-corrected chi connectivity index (χ3v) is 6.55. The van der Waals surface area contributed by atoms with Crippen LogP contribution in [-0.2, 0) is 16.0 Å². The lowest BCUT2D eigenvalue weighted by molar-refractivity contribution is -0.790. The fourth-order valence-corrected chi connectivity index (χ4v) is 4.55. The van der Waals surface area contributed by atoms with Crippen molar-refractivity contribution in [1.29, 1.82) is 0 Å². The fraction of sp³-hybridized carbons (Fsp3) is 0.565. The van der Waals surface area contributed by atoms with Gasteiger partial charge in [-0.3, -0.25) is 9.69 Å². The van der Waals surface area contributed by atoms with Crippen molar-refractivity contribution in [2.45, 2.75) is 38.3 Å². The molecule has 0 aromatic heterocycles. The molecule has 10 heteroatoms. The van der Waals surface area contributed by atoms with E-state index in [-0.39, 0.29) is 37.4 Å². The summed E-state index contributed by atoms with van der Waals surface area (Å²) in [5.74, 6) is -0.355. The number of rotatable bonds is 6. The molecule has 0 saturated carbocycles. The molecule has 0 aliphatic carbocycles. The van der Waals surface area contributed by atoms with Gasteiger partial charge in [-0.05, 0) is 18.9 Å². The van der Waals surface area contributed by atoms with Crippen LogP contribution in [0.4, 0.5) is 14.4 Å². The SMILES string of the molecule is C[C@@H]1CCC[N+]1(C(=O)O)C(=O)N(C)CC(=O)[C@H](Cc1ccccc1)NC(=O)N1CCOCC1. The van der Waals surface area contributed by atoms with Crippen molar-refractivity contribution in [3.05, 3.63) is 35.9 Å². The molecule has 1 aromatic carbocycles. The van der Waals surface area contributed by atoms with Gasteiger partial charge in [0, 0.05) is 33.0 Å². The first-order chi connectivity index (χ1) is 15.8. The van der Waals surface area contributed by atoms with E-state index in [1.54, 1.807) is 11.8 Å². The Hall–Kier alpha value is -2.98. The largest absolute Gasteiger partial charge is 0.523 e. The molecule has 2 saturated heterocycles. The summed E-state index contributed by atoms with van der Waals surface area (Å²) in [6, 6.07) is 7.12. The number of nitrogens with zero attached hydrogens (tertiary/aromatic N) is 3. The molecular weight excluding hydrogens is 428 g/mol. The fourth-order valence-electron chi connectivity index (χ4n) is 4.55. The Morgan fingerprint density at radius 3 is 2.45 bits per heavy atom. The molecule has 3 atom stereocenters. The second-order valence-corrected chi connectivity index (χ2v) is 8.76. The van der Waals surface area contributed by atoms with Crippen LogP contribution in [0.15, 0.2) is 30.3 Å². The third kappa shape index (κ3) is 5.51. The predicted octanol–water partition coefficient (Wildman–Crippen LogP) is 1.94. The number of hydrogen-bond donors (Lipinski definition) is 2. The number of ketones is 1. The number of Topliss-reactive ketones (excluding diaryl/α,β-unsaturated/α-hetero) is 1. The van der Waals surface area contributed by atoms with E-state index < -0.39 is 22.6 Å². The summed E-state index contributed by atoms with van der Waals surface area (Å²) in [4.78, 5) is 54.0. The average Bonchev–Trinajstić information content (AvgIpc) is 3.21. The van der Waals surface area contributed by atoms with Gasteiger partial charge in [0.1, 0.15) is 6.04 Å². The molecule has 1 aromatic rings. The van der Waals surface area contributed by atoms with Crippen molar-refractivity contribution in [2.24, 2.45) is 0 Å². The molecule has 10 nitrogen and oxygen atoms in total. The minimum Gasteiger partial charge on any atom is -0.435 e. The van der Waals surface area contributed by atoms with Crippen LogP contribution in [0.3, 0.4) is 0 Å².